The van der Waals surface area contributed by atoms with E-state index >= 15 is 0 Å². The minimum Gasteiger partial charge on any atom is -0.311 e. The number of hydrogen-bond acceptors (Lipinski definition) is 2. The van der Waals surface area contributed by atoms with Gasteiger partial charge in [0.25, 0.3) is 6.71 Å². The summed E-state index contributed by atoms with van der Waals surface area (Å²) in [5.41, 5.74) is 26.6. The van der Waals surface area contributed by atoms with Crippen LogP contribution in [-0.4, -0.2) is 20.4 Å². The molecule has 13 aromatic carbocycles. The predicted octanol–water partition coefficient (Wildman–Crippen LogP) is 27.5. The van der Waals surface area contributed by atoms with E-state index in [0.717, 1.165) is 139 Å². The molecule has 0 atom stereocenters. The normalized spacial score (nSPS) is 14.7. The summed E-state index contributed by atoms with van der Waals surface area (Å²) in [4.78, 5) is 5.09. The fourth-order valence-corrected chi connectivity index (χ4v) is 17.6. The van der Waals surface area contributed by atoms with Gasteiger partial charge in [-0.25, -0.2) is 0 Å². The zero-order chi connectivity index (χ0) is 85.5. The van der Waals surface area contributed by atoms with E-state index in [-0.39, 0.29) is 78.5 Å². The van der Waals surface area contributed by atoms with E-state index in [4.69, 9.17) is 2.74 Å². The van der Waals surface area contributed by atoms with Crippen molar-refractivity contribution in [2.45, 2.75) is 183 Å². The molecule has 0 fully saturated rings. The van der Waals surface area contributed by atoms with E-state index in [9.17, 15) is 8.22 Å². The third-order valence-electron chi connectivity index (χ3n) is 24.1. The Bertz CT molecular complexity index is 6930. The molecule has 2 aliphatic rings. The Kier molecular flexibility index (Phi) is 14.3. The van der Waals surface area contributed by atoms with Crippen molar-refractivity contribution in [3.63, 3.8) is 0 Å². The zero-order valence-electron chi connectivity index (χ0n) is 77.0. The third-order valence-corrected chi connectivity index (χ3v) is 24.1. The first-order valence-corrected chi connectivity index (χ1v) is 40.0. The molecule has 0 aliphatic carbocycles. The summed E-state index contributed by atoms with van der Waals surface area (Å²) in [5.74, 6) is 0. The van der Waals surface area contributed by atoms with Crippen LogP contribution in [0.15, 0.2) is 261 Å². The largest absolute Gasteiger partial charge is 0.311 e. The van der Waals surface area contributed by atoms with Crippen LogP contribution >= 0.6 is 0 Å². The number of para-hydroxylation sites is 5. The SMILES string of the molecule is [2H]c1c([2H])c([2H])c2c(c1[2H])c1c([2H])c([2H])c([2H])c([2H])c1n2-c1ccc2c(c1)N(c1ccc(C(C)(C)C)cc1-c1cc(C(C)(C)C)cc(C(C)(C)C)c1)c1cc(C(C)(C)C)cc3c1B2c1ccc(-n2c4ccccc4c4cc5c(cc42)c2ccccc2n5-c2ccccc2)cc1N3c1ccc(C(C)(C)C)cc1-c1cc(C(C)(C)C)cc(C(C)(C)C)c1. The zero-order valence-corrected chi connectivity index (χ0v) is 69.0. The molecule has 558 valence electrons. The molecule has 112 heavy (non-hydrogen) atoms. The summed E-state index contributed by atoms with van der Waals surface area (Å²) < 4.78 is 82.7. The maximum atomic E-state index is 9.92. The molecule has 18 rings (SSSR count). The topological polar surface area (TPSA) is 21.3 Å². The number of rotatable bonds is 7. The van der Waals surface area contributed by atoms with Crippen molar-refractivity contribution in [3.8, 4) is 39.3 Å². The van der Waals surface area contributed by atoms with Gasteiger partial charge in [0.15, 0.2) is 0 Å². The van der Waals surface area contributed by atoms with Gasteiger partial charge in [0.05, 0.1) is 55.4 Å². The average Bonchev–Trinajstić information content (AvgIpc) is 0.943. The molecular formula is C106H106BN5. The maximum Gasteiger partial charge on any atom is 0.252 e. The minimum absolute atomic E-state index is 0.0224. The lowest BCUT2D eigenvalue weighted by molar-refractivity contribution is 0.568. The quantitative estimate of drug-likeness (QED) is 0.148. The van der Waals surface area contributed by atoms with Crippen LogP contribution in [0.3, 0.4) is 0 Å². The van der Waals surface area contributed by atoms with Gasteiger partial charge in [-0.05, 0) is 214 Å². The second kappa shape index (κ2) is 25.2. The van der Waals surface area contributed by atoms with E-state index in [0.29, 0.717) is 5.69 Å². The highest BCUT2D eigenvalue weighted by Gasteiger charge is 2.46. The first-order chi connectivity index (χ1) is 56.3. The predicted molar refractivity (Wildman–Crippen MR) is 485 cm³/mol. The van der Waals surface area contributed by atoms with Crippen LogP contribution in [0, 0.1) is 0 Å². The Hall–Kier alpha value is -11.1. The van der Waals surface area contributed by atoms with Crippen molar-refractivity contribution in [1.29, 1.82) is 0 Å². The fraction of sp³-hybridized carbons (Fsp3) is 0.264. The highest BCUT2D eigenvalue weighted by Crippen LogP contribution is 2.54. The molecule has 3 aromatic heterocycles. The first kappa shape index (κ1) is 63.6. The van der Waals surface area contributed by atoms with Gasteiger partial charge in [0, 0.05) is 83.3 Å². The van der Waals surface area contributed by atoms with Crippen molar-refractivity contribution in [2.24, 2.45) is 0 Å². The van der Waals surface area contributed by atoms with Crippen LogP contribution in [0.5, 0.6) is 0 Å². The van der Waals surface area contributed by atoms with Gasteiger partial charge in [-0.3, -0.25) is 0 Å². The summed E-state index contributed by atoms with van der Waals surface area (Å²) >= 11 is 0. The number of benzene rings is 13. The highest BCUT2D eigenvalue weighted by atomic mass is 15.2. The van der Waals surface area contributed by atoms with E-state index in [1.165, 1.54) is 27.8 Å². The van der Waals surface area contributed by atoms with Crippen LogP contribution in [0.2, 0.25) is 0 Å². The van der Waals surface area contributed by atoms with Gasteiger partial charge < -0.3 is 23.5 Å². The summed E-state index contributed by atoms with van der Waals surface area (Å²) in [5, 5.41) is 4.62. The number of nitrogens with zero attached hydrogens (tertiary/aromatic N) is 5. The second-order valence-corrected chi connectivity index (χ2v) is 39.0. The lowest BCUT2D eigenvalue weighted by Crippen LogP contribution is -2.61. The molecule has 16 aromatic rings. The number of anilines is 6. The number of aromatic nitrogens is 3. The highest BCUT2D eigenvalue weighted by molar-refractivity contribution is 7.00. The summed E-state index contributed by atoms with van der Waals surface area (Å²) in [7, 11) is 0. The van der Waals surface area contributed by atoms with E-state index in [1.807, 2.05) is 6.07 Å². The molecule has 0 amide bonds. The molecule has 0 unspecified atom stereocenters. The molecule has 0 saturated heterocycles. The Labute approximate surface area is 675 Å². The second-order valence-electron chi connectivity index (χ2n) is 39.0. The van der Waals surface area contributed by atoms with Crippen LogP contribution in [0.25, 0.3) is 105 Å². The molecule has 0 radical (unpaired) electrons. The Morgan fingerprint density at radius 2 is 0.589 bits per heavy atom. The molecule has 0 N–H and O–H groups in total. The van der Waals surface area contributed by atoms with Crippen molar-refractivity contribution < 1.29 is 11.0 Å². The van der Waals surface area contributed by atoms with Gasteiger partial charge in [-0.2, -0.15) is 0 Å². The lowest BCUT2D eigenvalue weighted by Gasteiger charge is -2.46. The van der Waals surface area contributed by atoms with Crippen LogP contribution in [0.1, 0.15) is 195 Å². The molecular weight excluding hydrogens is 1350 g/mol. The van der Waals surface area contributed by atoms with Crippen molar-refractivity contribution >= 4 is 123 Å². The van der Waals surface area contributed by atoms with Crippen molar-refractivity contribution in [1.82, 2.24) is 13.7 Å². The average molecular weight is 1470 g/mol. The Balaban J connectivity index is 1.02. The van der Waals surface area contributed by atoms with Crippen molar-refractivity contribution in [3.05, 3.63) is 300 Å². The van der Waals surface area contributed by atoms with Gasteiger partial charge in [0.1, 0.15) is 0 Å². The molecule has 6 heteroatoms. The van der Waals surface area contributed by atoms with Gasteiger partial charge >= 0.3 is 0 Å². The Morgan fingerprint density at radius 1 is 0.241 bits per heavy atom. The molecule has 0 bridgehead atoms. The van der Waals surface area contributed by atoms with Gasteiger partial charge in [-0.15, -0.1) is 0 Å². The molecule has 5 heterocycles. The van der Waals surface area contributed by atoms with Crippen LogP contribution in [0.4, 0.5) is 34.1 Å². The monoisotopic (exact) mass is 1470 g/mol. The minimum atomic E-state index is -0.491. The fourth-order valence-electron chi connectivity index (χ4n) is 17.6. The standard InChI is InChI=1S/C106H106BN5/c1-100(2,3)67-43-49-91(81(57-67)65-51-69(102(7,8)9)55-70(52-65)103(10,11)12)111-95-61-75(109-87-39-29-25-35-77(87)78-36-26-30-40-88(78)109)45-47-85(95)107-86-48-46-76(110-90-42-32-28-38-80(90)84-63-93-83(64-94(84)110)79-37-27-31-41-89(79)108(93)74-33-23-22-24-34-74)62-96(86)112(98-60-73(106(19,20)21)59-97(111)99(98)107)92-50-44-68(101(4,5)6)58-82(92)66-53-71(104(13,14)15)56-72(54-66)105(16,17)18/h22-64H,1-21H3/i25D,26D,29D,30D,35D,36D,39D,40D. The van der Waals surface area contributed by atoms with E-state index in [1.54, 1.807) is 4.57 Å². The number of fused-ring (bicyclic) bond motifs is 13. The van der Waals surface area contributed by atoms with Gasteiger partial charge in [-0.1, -0.05) is 297 Å². The van der Waals surface area contributed by atoms with Crippen LogP contribution in [-0.2, 0) is 37.9 Å². The molecule has 5 nitrogen and oxygen atoms in total. The summed E-state index contributed by atoms with van der Waals surface area (Å²) in [6.07, 6.45) is 0. The first-order valence-electron chi connectivity index (χ1n) is 44.0. The van der Waals surface area contributed by atoms with E-state index in [2.05, 4.69) is 371 Å². The van der Waals surface area contributed by atoms with Crippen molar-refractivity contribution in [2.75, 3.05) is 9.80 Å². The van der Waals surface area contributed by atoms with E-state index < -0.39 is 36.3 Å². The van der Waals surface area contributed by atoms with Gasteiger partial charge in [0.2, 0.25) is 0 Å². The molecule has 0 saturated carbocycles. The Morgan fingerprint density at radius 3 is 0.982 bits per heavy atom. The summed E-state index contributed by atoms with van der Waals surface area (Å²) in [6.45, 7) is 47.9. The van der Waals surface area contributed by atoms with Crippen LogP contribution < -0.4 is 26.2 Å². The third kappa shape index (κ3) is 11.9. The number of hydrogen-bond donors (Lipinski definition) is 0. The lowest BCUT2D eigenvalue weighted by atomic mass is 9.33. The molecule has 0 spiro atoms. The maximum absolute atomic E-state index is 9.92. The smallest absolute Gasteiger partial charge is 0.252 e. The summed E-state index contributed by atoms with van der Waals surface area (Å²) in [6, 6.07) is 76.9. The molecule has 2 aliphatic heterocycles.